The maximum Gasteiger partial charge on any atom is 0.254 e. The molecule has 0 aliphatic carbocycles. The number of nitrogens with zero attached hydrogens (tertiary/aromatic N) is 1. The van der Waals surface area contributed by atoms with Crippen LogP contribution < -0.4 is 10.6 Å². The van der Waals surface area contributed by atoms with Gasteiger partial charge in [-0.2, -0.15) is 0 Å². The molecule has 7 heteroatoms. The number of carbonyl (C=O) groups excluding carboxylic acids is 3. The van der Waals surface area contributed by atoms with Crippen LogP contribution in [0.4, 0.5) is 4.39 Å². The van der Waals surface area contributed by atoms with E-state index in [1.165, 1.54) is 18.2 Å². The third-order valence-corrected chi connectivity index (χ3v) is 4.63. The highest BCUT2D eigenvalue weighted by atomic mass is 19.1. The van der Waals surface area contributed by atoms with Gasteiger partial charge >= 0.3 is 0 Å². The van der Waals surface area contributed by atoms with Gasteiger partial charge in [-0.05, 0) is 17.7 Å². The number of likely N-dealkylation sites (tertiary alicyclic amines) is 1. The molecule has 1 heterocycles. The Morgan fingerprint density at radius 2 is 1.68 bits per heavy atom. The van der Waals surface area contributed by atoms with Crippen molar-refractivity contribution in [3.8, 4) is 0 Å². The fraction of sp³-hybridized carbons (Fsp3) is 0.286. The lowest BCUT2D eigenvalue weighted by atomic mass is 10.1. The van der Waals surface area contributed by atoms with Crippen LogP contribution in [0.25, 0.3) is 0 Å². The molecular formula is C21H22FN3O3. The topological polar surface area (TPSA) is 78.5 Å². The molecule has 28 heavy (non-hydrogen) atoms. The van der Waals surface area contributed by atoms with Crippen LogP contribution in [-0.2, 0) is 16.1 Å². The maximum atomic E-state index is 13.5. The molecule has 3 rings (SSSR count). The smallest absolute Gasteiger partial charge is 0.254 e. The van der Waals surface area contributed by atoms with Gasteiger partial charge in [0.2, 0.25) is 11.8 Å². The summed E-state index contributed by atoms with van der Waals surface area (Å²) in [5.74, 6) is -1.79. The SMILES string of the molecule is O=C(NCCNC(=O)C1CC(=O)N(Cc2ccccc2)C1)c1ccccc1F. The van der Waals surface area contributed by atoms with Gasteiger partial charge in [0.1, 0.15) is 5.82 Å². The number of hydrogen-bond acceptors (Lipinski definition) is 3. The van der Waals surface area contributed by atoms with E-state index in [-0.39, 0.29) is 36.9 Å². The van der Waals surface area contributed by atoms with Crippen LogP contribution in [0.3, 0.4) is 0 Å². The number of amides is 3. The fourth-order valence-corrected chi connectivity index (χ4v) is 3.15. The normalized spacial score (nSPS) is 16.1. The van der Waals surface area contributed by atoms with Crippen LogP contribution in [-0.4, -0.2) is 42.3 Å². The zero-order chi connectivity index (χ0) is 19.9. The lowest BCUT2D eigenvalue weighted by Gasteiger charge is -2.16. The van der Waals surface area contributed by atoms with Gasteiger partial charge in [0.25, 0.3) is 5.91 Å². The largest absolute Gasteiger partial charge is 0.354 e. The van der Waals surface area contributed by atoms with Gasteiger partial charge < -0.3 is 15.5 Å². The highest BCUT2D eigenvalue weighted by molar-refractivity contribution is 5.94. The van der Waals surface area contributed by atoms with Crippen molar-refractivity contribution in [2.45, 2.75) is 13.0 Å². The van der Waals surface area contributed by atoms with Gasteiger partial charge in [0.05, 0.1) is 11.5 Å². The minimum atomic E-state index is -0.591. The molecule has 1 saturated heterocycles. The predicted octanol–water partition coefficient (Wildman–Crippen LogP) is 1.72. The minimum absolute atomic E-state index is 0.0354. The first-order valence-corrected chi connectivity index (χ1v) is 9.16. The summed E-state index contributed by atoms with van der Waals surface area (Å²) in [5, 5.41) is 5.29. The molecule has 1 aliphatic rings. The predicted molar refractivity (Wildman–Crippen MR) is 102 cm³/mol. The molecule has 1 atom stereocenters. The number of hydrogen-bond donors (Lipinski definition) is 2. The second-order valence-corrected chi connectivity index (χ2v) is 6.69. The standard InChI is InChI=1S/C21H22FN3O3/c22-18-9-5-4-8-17(18)21(28)24-11-10-23-20(27)16-12-19(26)25(14-16)13-15-6-2-1-3-7-15/h1-9,16H,10-14H2,(H,23,27)(H,24,28). The number of halogens is 1. The molecule has 0 radical (unpaired) electrons. The van der Waals surface area contributed by atoms with Gasteiger partial charge in [-0.1, -0.05) is 42.5 Å². The summed E-state index contributed by atoms with van der Waals surface area (Å²) in [6.07, 6.45) is 0.181. The molecule has 0 saturated carbocycles. The van der Waals surface area contributed by atoms with E-state index in [1.54, 1.807) is 11.0 Å². The van der Waals surface area contributed by atoms with Crippen LogP contribution in [0.2, 0.25) is 0 Å². The lowest BCUT2D eigenvalue weighted by Crippen LogP contribution is -2.38. The second kappa shape index (κ2) is 9.12. The second-order valence-electron chi connectivity index (χ2n) is 6.69. The lowest BCUT2D eigenvalue weighted by molar-refractivity contribution is -0.129. The minimum Gasteiger partial charge on any atom is -0.354 e. The molecule has 1 aliphatic heterocycles. The van der Waals surface area contributed by atoms with E-state index in [2.05, 4.69) is 10.6 Å². The van der Waals surface area contributed by atoms with Crippen molar-refractivity contribution >= 4 is 17.7 Å². The van der Waals surface area contributed by atoms with Crippen molar-refractivity contribution in [1.29, 1.82) is 0 Å². The quantitative estimate of drug-likeness (QED) is 0.715. The Balaban J connectivity index is 1.41. The molecule has 0 bridgehead atoms. The van der Waals surface area contributed by atoms with Gasteiger partial charge in [-0.3, -0.25) is 14.4 Å². The van der Waals surface area contributed by atoms with E-state index in [0.29, 0.717) is 13.1 Å². The summed E-state index contributed by atoms with van der Waals surface area (Å²) in [7, 11) is 0. The highest BCUT2D eigenvalue weighted by Crippen LogP contribution is 2.20. The number of nitrogens with one attached hydrogen (secondary N) is 2. The third-order valence-electron chi connectivity index (χ3n) is 4.63. The molecule has 1 unspecified atom stereocenters. The van der Waals surface area contributed by atoms with Gasteiger partial charge in [-0.25, -0.2) is 4.39 Å². The Hall–Kier alpha value is -3.22. The molecule has 0 spiro atoms. The summed E-state index contributed by atoms with van der Waals surface area (Å²) >= 11 is 0. The van der Waals surface area contributed by atoms with Crippen molar-refractivity contribution in [2.24, 2.45) is 5.92 Å². The van der Waals surface area contributed by atoms with E-state index >= 15 is 0 Å². The van der Waals surface area contributed by atoms with Crippen LogP contribution >= 0.6 is 0 Å². The third kappa shape index (κ3) is 4.94. The fourth-order valence-electron chi connectivity index (χ4n) is 3.15. The van der Waals surface area contributed by atoms with Crippen LogP contribution in [0.15, 0.2) is 54.6 Å². The number of rotatable bonds is 7. The van der Waals surface area contributed by atoms with Crippen LogP contribution in [0.5, 0.6) is 0 Å². The van der Waals surface area contributed by atoms with Crippen molar-refractivity contribution in [2.75, 3.05) is 19.6 Å². The molecule has 2 aromatic rings. The van der Waals surface area contributed by atoms with E-state index in [1.807, 2.05) is 30.3 Å². The summed E-state index contributed by atoms with van der Waals surface area (Å²) in [4.78, 5) is 38.0. The first kappa shape index (κ1) is 19.5. The van der Waals surface area contributed by atoms with Crippen LogP contribution in [0.1, 0.15) is 22.3 Å². The van der Waals surface area contributed by atoms with Crippen molar-refractivity contribution in [3.05, 3.63) is 71.5 Å². The highest BCUT2D eigenvalue weighted by Gasteiger charge is 2.33. The Morgan fingerprint density at radius 3 is 2.43 bits per heavy atom. The zero-order valence-electron chi connectivity index (χ0n) is 15.4. The van der Waals surface area contributed by atoms with Crippen molar-refractivity contribution in [1.82, 2.24) is 15.5 Å². The van der Waals surface area contributed by atoms with Crippen molar-refractivity contribution in [3.63, 3.8) is 0 Å². The van der Waals surface area contributed by atoms with Gasteiger partial charge in [0, 0.05) is 32.6 Å². The average molecular weight is 383 g/mol. The van der Waals surface area contributed by atoms with Crippen LogP contribution in [0, 0.1) is 11.7 Å². The van der Waals surface area contributed by atoms with Gasteiger partial charge in [0.15, 0.2) is 0 Å². The molecule has 2 aromatic carbocycles. The Kier molecular flexibility index (Phi) is 6.37. The monoisotopic (exact) mass is 383 g/mol. The first-order valence-electron chi connectivity index (χ1n) is 9.16. The zero-order valence-corrected chi connectivity index (χ0v) is 15.4. The molecule has 6 nitrogen and oxygen atoms in total. The molecule has 1 fully saturated rings. The molecule has 2 N–H and O–H groups in total. The number of benzene rings is 2. The van der Waals surface area contributed by atoms with Crippen molar-refractivity contribution < 1.29 is 18.8 Å². The molecular weight excluding hydrogens is 361 g/mol. The summed E-state index contributed by atoms with van der Waals surface area (Å²) in [5.41, 5.74) is 0.986. The van der Waals surface area contributed by atoms with Gasteiger partial charge in [-0.15, -0.1) is 0 Å². The summed E-state index contributed by atoms with van der Waals surface area (Å²) < 4.78 is 13.5. The van der Waals surface area contributed by atoms with E-state index in [4.69, 9.17) is 0 Å². The Morgan fingerprint density at radius 1 is 1.00 bits per heavy atom. The number of carbonyl (C=O) groups is 3. The molecule has 0 aromatic heterocycles. The van der Waals surface area contributed by atoms with E-state index in [0.717, 1.165) is 5.56 Å². The maximum absolute atomic E-state index is 13.5. The Labute approximate surface area is 162 Å². The summed E-state index contributed by atoms with van der Waals surface area (Å²) in [6, 6.07) is 15.3. The first-order chi connectivity index (χ1) is 13.5. The molecule has 3 amide bonds. The van der Waals surface area contributed by atoms with E-state index in [9.17, 15) is 18.8 Å². The average Bonchev–Trinajstić information content (AvgIpc) is 3.06. The Bertz CT molecular complexity index is 857. The summed E-state index contributed by atoms with van der Waals surface area (Å²) in [6.45, 7) is 1.25. The molecule has 146 valence electrons. The van der Waals surface area contributed by atoms with E-state index < -0.39 is 17.6 Å².